The number of rotatable bonds is 10. The SMILES string of the molecule is CN(C)S(=O)(=O)N(Cc1ccc(C(=O)NCc2ccccc2CN2CCCC2)cc1)c1ccccc1F. The van der Waals surface area contributed by atoms with E-state index in [4.69, 9.17) is 0 Å². The molecule has 1 aliphatic rings. The number of hydrogen-bond donors (Lipinski definition) is 1. The van der Waals surface area contributed by atoms with Gasteiger partial charge in [-0.3, -0.25) is 14.0 Å². The van der Waals surface area contributed by atoms with Crippen molar-refractivity contribution in [3.8, 4) is 0 Å². The van der Waals surface area contributed by atoms with Crippen molar-refractivity contribution in [2.24, 2.45) is 0 Å². The highest BCUT2D eigenvalue weighted by molar-refractivity contribution is 7.90. The smallest absolute Gasteiger partial charge is 0.303 e. The second kappa shape index (κ2) is 11.9. The van der Waals surface area contributed by atoms with Crippen LogP contribution in [0.2, 0.25) is 0 Å². The third kappa shape index (κ3) is 6.54. The van der Waals surface area contributed by atoms with Crippen LogP contribution < -0.4 is 9.62 Å². The van der Waals surface area contributed by atoms with Crippen LogP contribution in [0.25, 0.3) is 0 Å². The van der Waals surface area contributed by atoms with Gasteiger partial charge in [-0.25, -0.2) is 4.39 Å². The monoisotopic (exact) mass is 524 g/mol. The van der Waals surface area contributed by atoms with E-state index in [9.17, 15) is 17.6 Å². The van der Waals surface area contributed by atoms with Gasteiger partial charge in [0, 0.05) is 32.7 Å². The topological polar surface area (TPSA) is 73.0 Å². The summed E-state index contributed by atoms with van der Waals surface area (Å²) >= 11 is 0. The Kier molecular flexibility index (Phi) is 8.58. The second-order valence-electron chi connectivity index (χ2n) is 9.38. The number of nitrogens with one attached hydrogen (secondary N) is 1. The first kappa shape index (κ1) is 26.8. The molecule has 1 amide bonds. The standard InChI is InChI=1S/C28H33FN4O3S/c1-31(2)37(35,36)33(27-12-6-5-11-26(27)29)20-22-13-15-23(16-14-22)28(34)30-19-24-9-3-4-10-25(24)21-32-17-7-8-18-32/h3-6,9-16H,7-8,17-21H2,1-2H3,(H,30,34). The van der Waals surface area contributed by atoms with E-state index in [2.05, 4.69) is 16.3 Å². The number of carbonyl (C=O) groups is 1. The minimum atomic E-state index is -3.95. The molecule has 7 nitrogen and oxygen atoms in total. The molecule has 3 aromatic carbocycles. The molecule has 0 unspecified atom stereocenters. The lowest BCUT2D eigenvalue weighted by Crippen LogP contribution is -2.40. The molecule has 3 aromatic rings. The van der Waals surface area contributed by atoms with Crippen LogP contribution in [0.3, 0.4) is 0 Å². The van der Waals surface area contributed by atoms with Gasteiger partial charge in [0.25, 0.3) is 5.91 Å². The number of halogens is 1. The molecule has 4 rings (SSSR count). The lowest BCUT2D eigenvalue weighted by Gasteiger charge is -2.27. The molecule has 196 valence electrons. The molecule has 9 heteroatoms. The van der Waals surface area contributed by atoms with Crippen molar-refractivity contribution in [2.45, 2.75) is 32.5 Å². The molecule has 37 heavy (non-hydrogen) atoms. The van der Waals surface area contributed by atoms with E-state index >= 15 is 0 Å². The van der Waals surface area contributed by atoms with E-state index in [0.29, 0.717) is 17.7 Å². The Bertz CT molecular complexity index is 1320. The molecule has 0 saturated carbocycles. The first-order valence-electron chi connectivity index (χ1n) is 12.4. The van der Waals surface area contributed by atoms with Crippen molar-refractivity contribution in [1.82, 2.24) is 14.5 Å². The molecule has 0 radical (unpaired) electrons. The maximum atomic E-state index is 14.5. The fourth-order valence-electron chi connectivity index (χ4n) is 4.41. The van der Waals surface area contributed by atoms with E-state index in [-0.39, 0.29) is 18.1 Å². The van der Waals surface area contributed by atoms with Crippen LogP contribution in [0.5, 0.6) is 0 Å². The largest absolute Gasteiger partial charge is 0.348 e. The van der Waals surface area contributed by atoms with E-state index < -0.39 is 16.0 Å². The zero-order chi connectivity index (χ0) is 26.4. The quantitative estimate of drug-likeness (QED) is 0.432. The summed E-state index contributed by atoms with van der Waals surface area (Å²) in [7, 11) is -1.14. The molecule has 0 atom stereocenters. The van der Waals surface area contributed by atoms with Crippen LogP contribution >= 0.6 is 0 Å². The van der Waals surface area contributed by atoms with Crippen molar-refractivity contribution >= 4 is 21.8 Å². The van der Waals surface area contributed by atoms with E-state index in [1.165, 1.54) is 50.7 Å². The molecule has 0 aliphatic carbocycles. The van der Waals surface area contributed by atoms with Crippen LogP contribution in [0.1, 0.15) is 39.9 Å². The van der Waals surface area contributed by atoms with Gasteiger partial charge in [-0.1, -0.05) is 48.5 Å². The number of benzene rings is 3. The highest BCUT2D eigenvalue weighted by Crippen LogP contribution is 2.25. The fourth-order valence-corrected chi connectivity index (χ4v) is 5.52. The minimum Gasteiger partial charge on any atom is -0.348 e. The van der Waals surface area contributed by atoms with Gasteiger partial charge in [-0.05, 0) is 66.9 Å². The minimum absolute atomic E-state index is 0.0365. The summed E-state index contributed by atoms with van der Waals surface area (Å²) in [4.78, 5) is 15.3. The molecule has 0 aromatic heterocycles. The number of anilines is 1. The first-order chi connectivity index (χ1) is 17.8. The Morgan fingerprint density at radius 1 is 0.919 bits per heavy atom. The average molecular weight is 525 g/mol. The third-order valence-corrected chi connectivity index (χ3v) is 8.36. The number of nitrogens with zero attached hydrogens (tertiary/aromatic N) is 3. The summed E-state index contributed by atoms with van der Waals surface area (Å²) < 4.78 is 42.4. The van der Waals surface area contributed by atoms with Crippen molar-refractivity contribution in [3.05, 3.63) is 101 Å². The highest BCUT2D eigenvalue weighted by Gasteiger charge is 2.27. The van der Waals surface area contributed by atoms with E-state index in [0.717, 1.165) is 33.8 Å². The summed E-state index contributed by atoms with van der Waals surface area (Å²) in [6.45, 7) is 3.45. The molecule has 1 heterocycles. The molecule has 1 fully saturated rings. The number of amides is 1. The van der Waals surface area contributed by atoms with Crippen molar-refractivity contribution in [1.29, 1.82) is 0 Å². The van der Waals surface area contributed by atoms with Crippen LogP contribution in [-0.2, 0) is 29.8 Å². The summed E-state index contributed by atoms with van der Waals surface area (Å²) in [5.74, 6) is -0.844. The van der Waals surface area contributed by atoms with Crippen LogP contribution in [0.4, 0.5) is 10.1 Å². The Hall–Kier alpha value is -3.27. The van der Waals surface area contributed by atoms with Gasteiger partial charge < -0.3 is 5.32 Å². The molecular weight excluding hydrogens is 491 g/mol. The zero-order valence-electron chi connectivity index (χ0n) is 21.2. The highest BCUT2D eigenvalue weighted by atomic mass is 32.2. The molecule has 1 N–H and O–H groups in total. The van der Waals surface area contributed by atoms with Crippen molar-refractivity contribution in [3.63, 3.8) is 0 Å². The predicted octanol–water partition coefficient (Wildman–Crippen LogP) is 4.16. The van der Waals surface area contributed by atoms with Gasteiger partial charge in [0.15, 0.2) is 0 Å². The number of hydrogen-bond acceptors (Lipinski definition) is 4. The van der Waals surface area contributed by atoms with Gasteiger partial charge in [0.2, 0.25) is 0 Å². The third-order valence-electron chi connectivity index (χ3n) is 6.55. The summed E-state index contributed by atoms with van der Waals surface area (Å²) in [5, 5.41) is 2.99. The molecular formula is C28H33FN4O3S. The normalized spacial score (nSPS) is 14.2. The van der Waals surface area contributed by atoms with E-state index in [1.807, 2.05) is 18.2 Å². The van der Waals surface area contributed by atoms with E-state index in [1.54, 1.807) is 30.3 Å². The predicted molar refractivity (Wildman–Crippen MR) is 144 cm³/mol. The Morgan fingerprint density at radius 2 is 1.54 bits per heavy atom. The maximum Gasteiger partial charge on any atom is 0.303 e. The number of likely N-dealkylation sites (tertiary alicyclic amines) is 1. The van der Waals surface area contributed by atoms with Gasteiger partial charge in [0.05, 0.1) is 12.2 Å². The zero-order valence-corrected chi connectivity index (χ0v) is 22.0. The molecule has 0 spiro atoms. The summed E-state index contributed by atoms with van der Waals surface area (Å²) in [6.07, 6.45) is 2.46. The average Bonchev–Trinajstić information content (AvgIpc) is 3.40. The Morgan fingerprint density at radius 3 is 2.19 bits per heavy atom. The van der Waals surface area contributed by atoms with Crippen molar-refractivity contribution < 1.29 is 17.6 Å². The van der Waals surface area contributed by atoms with Crippen LogP contribution in [0, 0.1) is 5.82 Å². The summed E-state index contributed by atoms with van der Waals surface area (Å²) in [5.41, 5.74) is 3.37. The Balaban J connectivity index is 1.44. The fraction of sp³-hybridized carbons (Fsp3) is 0.321. The molecule has 1 saturated heterocycles. The number of para-hydroxylation sites is 1. The van der Waals surface area contributed by atoms with Crippen LogP contribution in [0.15, 0.2) is 72.8 Å². The lowest BCUT2D eigenvalue weighted by atomic mass is 10.1. The first-order valence-corrected chi connectivity index (χ1v) is 13.8. The maximum absolute atomic E-state index is 14.5. The van der Waals surface area contributed by atoms with Gasteiger partial charge >= 0.3 is 10.2 Å². The second-order valence-corrected chi connectivity index (χ2v) is 11.4. The van der Waals surface area contributed by atoms with Crippen molar-refractivity contribution in [2.75, 3.05) is 31.5 Å². The van der Waals surface area contributed by atoms with Gasteiger partial charge in [-0.2, -0.15) is 12.7 Å². The van der Waals surface area contributed by atoms with Gasteiger partial charge in [-0.15, -0.1) is 0 Å². The number of carbonyl (C=O) groups excluding carboxylic acids is 1. The molecule has 1 aliphatic heterocycles. The molecule has 0 bridgehead atoms. The summed E-state index contributed by atoms with van der Waals surface area (Å²) in [6, 6.07) is 20.6. The Labute approximate surface area is 218 Å². The van der Waals surface area contributed by atoms with Gasteiger partial charge in [0.1, 0.15) is 5.82 Å². The lowest BCUT2D eigenvalue weighted by molar-refractivity contribution is 0.0950. The van der Waals surface area contributed by atoms with Crippen LogP contribution in [-0.4, -0.2) is 50.7 Å².